The zero-order valence-corrected chi connectivity index (χ0v) is 15.7. The first kappa shape index (κ1) is 17.3. The number of carbonyl (C=O) groups excluding carboxylic acids is 1. The quantitative estimate of drug-likeness (QED) is 0.797. The highest BCUT2D eigenvalue weighted by molar-refractivity contribution is 9.10. The number of carbonyl (C=O) groups is 1. The van der Waals surface area contributed by atoms with Gasteiger partial charge in [-0.15, -0.1) is 0 Å². The Morgan fingerprint density at radius 1 is 1.32 bits per heavy atom. The summed E-state index contributed by atoms with van der Waals surface area (Å²) in [5, 5.41) is 0. The Morgan fingerprint density at radius 2 is 1.95 bits per heavy atom. The molecule has 1 amide bonds. The van der Waals surface area contributed by atoms with Crippen molar-refractivity contribution in [3.63, 3.8) is 0 Å². The SMILES string of the molecule is CCS(=O)(=O)CC(=O)N1CC(C)(C)N(C)c2cc(Br)ccc21. The maximum absolute atomic E-state index is 12.5. The molecule has 0 bridgehead atoms. The average Bonchev–Trinajstić information content (AvgIpc) is 2.42. The molecule has 7 heteroatoms. The minimum Gasteiger partial charge on any atom is -0.366 e. The summed E-state index contributed by atoms with van der Waals surface area (Å²) in [6.45, 7) is 6.08. The first-order valence-electron chi connectivity index (χ1n) is 7.11. The topological polar surface area (TPSA) is 57.7 Å². The van der Waals surface area contributed by atoms with E-state index in [1.54, 1.807) is 11.8 Å². The van der Waals surface area contributed by atoms with Crippen molar-refractivity contribution in [2.45, 2.75) is 26.3 Å². The molecule has 122 valence electrons. The number of rotatable bonds is 3. The number of amides is 1. The van der Waals surface area contributed by atoms with Gasteiger partial charge in [0.1, 0.15) is 5.75 Å². The zero-order valence-electron chi connectivity index (χ0n) is 13.3. The maximum Gasteiger partial charge on any atom is 0.242 e. The van der Waals surface area contributed by atoms with Crippen LogP contribution < -0.4 is 9.80 Å². The number of halogens is 1. The number of likely N-dealkylation sites (N-methyl/N-ethyl adjacent to an activating group) is 1. The molecule has 0 aliphatic carbocycles. The highest BCUT2D eigenvalue weighted by Crippen LogP contribution is 2.40. The van der Waals surface area contributed by atoms with Gasteiger partial charge in [0.25, 0.3) is 0 Å². The lowest BCUT2D eigenvalue weighted by Gasteiger charge is -2.47. The van der Waals surface area contributed by atoms with Gasteiger partial charge in [-0.25, -0.2) is 8.42 Å². The Hall–Kier alpha value is -1.08. The van der Waals surface area contributed by atoms with E-state index in [4.69, 9.17) is 0 Å². The summed E-state index contributed by atoms with van der Waals surface area (Å²) in [4.78, 5) is 16.2. The van der Waals surface area contributed by atoms with E-state index in [0.717, 1.165) is 15.8 Å². The van der Waals surface area contributed by atoms with Gasteiger partial charge in [-0.3, -0.25) is 4.79 Å². The first-order chi connectivity index (χ1) is 10.1. The maximum atomic E-state index is 12.5. The van der Waals surface area contributed by atoms with E-state index < -0.39 is 15.6 Å². The van der Waals surface area contributed by atoms with Crippen LogP contribution in [0.25, 0.3) is 0 Å². The van der Waals surface area contributed by atoms with Gasteiger partial charge in [0.05, 0.1) is 16.9 Å². The Bertz CT molecular complexity index is 701. The molecule has 0 saturated heterocycles. The van der Waals surface area contributed by atoms with E-state index in [9.17, 15) is 13.2 Å². The second kappa shape index (κ2) is 5.85. The van der Waals surface area contributed by atoms with Crippen molar-refractivity contribution in [1.82, 2.24) is 0 Å². The van der Waals surface area contributed by atoms with Crippen molar-refractivity contribution in [3.8, 4) is 0 Å². The molecule has 1 aromatic rings. The predicted molar refractivity (Wildman–Crippen MR) is 93.3 cm³/mol. The van der Waals surface area contributed by atoms with Crippen LogP contribution in [0.15, 0.2) is 22.7 Å². The molecular formula is C15H21BrN2O3S. The van der Waals surface area contributed by atoms with Crippen molar-refractivity contribution < 1.29 is 13.2 Å². The number of sulfone groups is 1. The molecule has 0 N–H and O–H groups in total. The molecule has 1 aliphatic rings. The van der Waals surface area contributed by atoms with Gasteiger partial charge >= 0.3 is 0 Å². The van der Waals surface area contributed by atoms with Crippen LogP contribution >= 0.6 is 15.9 Å². The van der Waals surface area contributed by atoms with Crippen LogP contribution in [0, 0.1) is 0 Å². The zero-order chi connectivity index (χ0) is 16.7. The van der Waals surface area contributed by atoms with E-state index in [1.165, 1.54) is 0 Å². The van der Waals surface area contributed by atoms with E-state index in [1.807, 2.05) is 39.1 Å². The summed E-state index contributed by atoms with van der Waals surface area (Å²) in [5.41, 5.74) is 1.38. The third-order valence-corrected chi connectivity index (χ3v) is 6.19. The minimum absolute atomic E-state index is 0.0247. The Balaban J connectivity index is 2.45. The highest BCUT2D eigenvalue weighted by atomic mass is 79.9. The number of anilines is 2. The molecule has 0 saturated carbocycles. The number of benzene rings is 1. The molecule has 2 rings (SSSR count). The van der Waals surface area contributed by atoms with Gasteiger partial charge in [-0.1, -0.05) is 22.9 Å². The largest absolute Gasteiger partial charge is 0.366 e. The molecule has 0 fully saturated rings. The fourth-order valence-corrected chi connectivity index (χ4v) is 3.57. The fourth-order valence-electron chi connectivity index (χ4n) is 2.49. The summed E-state index contributed by atoms with van der Waals surface area (Å²) in [6.07, 6.45) is 0. The Morgan fingerprint density at radius 3 is 2.55 bits per heavy atom. The van der Waals surface area contributed by atoms with Crippen LogP contribution in [0.5, 0.6) is 0 Å². The molecule has 0 spiro atoms. The lowest BCUT2D eigenvalue weighted by atomic mass is 9.97. The number of hydrogen-bond donors (Lipinski definition) is 0. The normalized spacial score (nSPS) is 17.3. The minimum atomic E-state index is -3.34. The highest BCUT2D eigenvalue weighted by Gasteiger charge is 2.37. The summed E-state index contributed by atoms with van der Waals surface area (Å²) in [6, 6.07) is 5.66. The third-order valence-electron chi connectivity index (χ3n) is 4.13. The van der Waals surface area contributed by atoms with Crippen molar-refractivity contribution in [2.75, 3.05) is 34.9 Å². The molecule has 0 atom stereocenters. The molecule has 22 heavy (non-hydrogen) atoms. The predicted octanol–water partition coefficient (Wildman–Crippen LogP) is 2.45. The molecular weight excluding hydrogens is 368 g/mol. The van der Waals surface area contributed by atoms with Gasteiger partial charge in [0.15, 0.2) is 9.84 Å². The molecule has 0 unspecified atom stereocenters. The molecule has 0 radical (unpaired) electrons. The van der Waals surface area contributed by atoms with Crippen molar-refractivity contribution in [3.05, 3.63) is 22.7 Å². The fraction of sp³-hybridized carbons (Fsp3) is 0.533. The Labute approximate surface area is 140 Å². The van der Waals surface area contributed by atoms with Gasteiger partial charge < -0.3 is 9.80 Å². The molecule has 1 heterocycles. The number of nitrogens with zero attached hydrogens (tertiary/aromatic N) is 2. The third kappa shape index (κ3) is 3.30. The van der Waals surface area contributed by atoms with Gasteiger partial charge in [0, 0.05) is 23.8 Å². The van der Waals surface area contributed by atoms with Crippen molar-refractivity contribution >= 4 is 43.0 Å². The van der Waals surface area contributed by atoms with Crippen molar-refractivity contribution in [1.29, 1.82) is 0 Å². The Kier molecular flexibility index (Phi) is 4.59. The molecule has 1 aromatic carbocycles. The van der Waals surface area contributed by atoms with Crippen LogP contribution in [0.2, 0.25) is 0 Å². The van der Waals surface area contributed by atoms with Crippen molar-refractivity contribution in [2.24, 2.45) is 0 Å². The molecule has 5 nitrogen and oxygen atoms in total. The molecule has 1 aliphatic heterocycles. The summed E-state index contributed by atoms with van der Waals surface area (Å²) < 4.78 is 24.5. The van der Waals surface area contributed by atoms with E-state index in [0.29, 0.717) is 6.54 Å². The standard InChI is InChI=1S/C15H21BrN2O3S/c1-5-22(20,21)9-14(19)18-10-15(2,3)17(4)13-8-11(16)6-7-12(13)18/h6-8H,5,9-10H2,1-4H3. The first-order valence-corrected chi connectivity index (χ1v) is 9.73. The van der Waals surface area contributed by atoms with E-state index >= 15 is 0 Å². The lowest BCUT2D eigenvalue weighted by molar-refractivity contribution is -0.116. The second-order valence-electron chi connectivity index (χ2n) is 6.16. The summed E-state index contributed by atoms with van der Waals surface area (Å²) >= 11 is 3.45. The van der Waals surface area contributed by atoms with Crippen LogP contribution in [0.3, 0.4) is 0 Å². The summed E-state index contributed by atoms with van der Waals surface area (Å²) in [5.74, 6) is -0.839. The monoisotopic (exact) mass is 388 g/mol. The lowest BCUT2D eigenvalue weighted by Crippen LogP contribution is -2.56. The van der Waals surface area contributed by atoms with E-state index in [-0.39, 0.29) is 17.2 Å². The van der Waals surface area contributed by atoms with E-state index in [2.05, 4.69) is 20.8 Å². The number of hydrogen-bond acceptors (Lipinski definition) is 4. The summed E-state index contributed by atoms with van der Waals surface area (Å²) in [7, 11) is -1.36. The second-order valence-corrected chi connectivity index (χ2v) is 9.43. The van der Waals surface area contributed by atoms with Crippen LogP contribution in [-0.4, -0.2) is 45.0 Å². The van der Waals surface area contributed by atoms with Crippen LogP contribution in [0.4, 0.5) is 11.4 Å². The molecule has 0 aromatic heterocycles. The average molecular weight is 389 g/mol. The number of fused-ring (bicyclic) bond motifs is 1. The van der Waals surface area contributed by atoms with Gasteiger partial charge in [0.2, 0.25) is 5.91 Å². The van der Waals surface area contributed by atoms with Crippen LogP contribution in [0.1, 0.15) is 20.8 Å². The van der Waals surface area contributed by atoms with Crippen LogP contribution in [-0.2, 0) is 14.6 Å². The van der Waals surface area contributed by atoms with Gasteiger partial charge in [-0.2, -0.15) is 0 Å². The smallest absolute Gasteiger partial charge is 0.242 e. The van der Waals surface area contributed by atoms with Gasteiger partial charge in [-0.05, 0) is 32.0 Å².